The van der Waals surface area contributed by atoms with Crippen LogP contribution < -0.4 is 4.72 Å². The molecule has 1 N–H and O–H groups in total. The van der Waals surface area contributed by atoms with Crippen LogP contribution in [0, 0.1) is 6.92 Å². The highest BCUT2D eigenvalue weighted by atomic mass is 32.2. The molecule has 0 bridgehead atoms. The molecule has 96 valence electrons. The van der Waals surface area contributed by atoms with Gasteiger partial charge in [0.1, 0.15) is 0 Å². The topological polar surface area (TPSA) is 46.2 Å². The third-order valence-electron chi connectivity index (χ3n) is 2.78. The van der Waals surface area contributed by atoms with Gasteiger partial charge >= 0.3 is 0 Å². The first-order valence-electron chi connectivity index (χ1n) is 6.08. The molecule has 4 heteroatoms. The van der Waals surface area contributed by atoms with E-state index in [9.17, 15) is 8.42 Å². The van der Waals surface area contributed by atoms with Crippen molar-refractivity contribution in [2.75, 3.05) is 0 Å². The number of nitrogens with one attached hydrogen (secondary N) is 1. The van der Waals surface area contributed by atoms with E-state index in [1.54, 1.807) is 12.1 Å². The Labute approximate surface area is 104 Å². The summed E-state index contributed by atoms with van der Waals surface area (Å²) in [6.07, 6.45) is 2.68. The molecule has 0 saturated heterocycles. The van der Waals surface area contributed by atoms with Crippen LogP contribution in [0.3, 0.4) is 0 Å². The standard InChI is InChI=1S/C13H21NO2S/c1-4-6-12(5-2)14-17(15,16)13-9-7-11(3)8-10-13/h7-10,12,14H,4-6H2,1-3H3. The lowest BCUT2D eigenvalue weighted by atomic mass is 10.1. The predicted molar refractivity (Wildman–Crippen MR) is 70.5 cm³/mol. The number of hydrogen-bond acceptors (Lipinski definition) is 2. The van der Waals surface area contributed by atoms with E-state index in [2.05, 4.69) is 11.6 Å². The van der Waals surface area contributed by atoms with Gasteiger partial charge in [-0.15, -0.1) is 0 Å². The SMILES string of the molecule is CCCC(CC)NS(=O)(=O)c1ccc(C)cc1. The van der Waals surface area contributed by atoms with Crippen LogP contribution in [0.15, 0.2) is 29.2 Å². The summed E-state index contributed by atoms with van der Waals surface area (Å²) in [7, 11) is -3.36. The number of aryl methyl sites for hydroxylation is 1. The first-order chi connectivity index (χ1) is 7.99. The molecule has 1 aromatic carbocycles. The van der Waals surface area contributed by atoms with Crippen molar-refractivity contribution in [1.29, 1.82) is 0 Å². The summed E-state index contributed by atoms with van der Waals surface area (Å²) < 4.78 is 26.9. The van der Waals surface area contributed by atoms with Gasteiger partial charge in [-0.05, 0) is 31.9 Å². The van der Waals surface area contributed by atoms with Crippen LogP contribution in [0.2, 0.25) is 0 Å². The molecule has 3 nitrogen and oxygen atoms in total. The second-order valence-electron chi connectivity index (χ2n) is 4.33. The predicted octanol–water partition coefficient (Wildman–Crippen LogP) is 2.85. The summed E-state index contributed by atoms with van der Waals surface area (Å²) >= 11 is 0. The molecule has 0 saturated carbocycles. The first-order valence-corrected chi connectivity index (χ1v) is 7.57. The van der Waals surface area contributed by atoms with Crippen LogP contribution in [0.5, 0.6) is 0 Å². The van der Waals surface area contributed by atoms with Gasteiger partial charge in [0, 0.05) is 6.04 Å². The van der Waals surface area contributed by atoms with Crippen LogP contribution in [0.4, 0.5) is 0 Å². The van der Waals surface area contributed by atoms with Crippen LogP contribution in [0.25, 0.3) is 0 Å². The minimum Gasteiger partial charge on any atom is -0.208 e. The fraction of sp³-hybridized carbons (Fsp3) is 0.538. The third-order valence-corrected chi connectivity index (χ3v) is 4.32. The molecule has 0 heterocycles. The number of hydrogen-bond donors (Lipinski definition) is 1. The highest BCUT2D eigenvalue weighted by Gasteiger charge is 2.17. The van der Waals surface area contributed by atoms with Gasteiger partial charge in [-0.1, -0.05) is 38.0 Å². The lowest BCUT2D eigenvalue weighted by molar-refractivity contribution is 0.512. The van der Waals surface area contributed by atoms with Crippen molar-refractivity contribution in [2.24, 2.45) is 0 Å². The fourth-order valence-corrected chi connectivity index (χ4v) is 3.05. The van der Waals surface area contributed by atoms with E-state index in [1.165, 1.54) is 0 Å². The maximum absolute atomic E-state index is 12.1. The smallest absolute Gasteiger partial charge is 0.208 e. The Hall–Kier alpha value is -0.870. The largest absolute Gasteiger partial charge is 0.240 e. The quantitative estimate of drug-likeness (QED) is 0.849. The summed E-state index contributed by atoms with van der Waals surface area (Å²) in [4.78, 5) is 0.345. The molecule has 0 spiro atoms. The zero-order chi connectivity index (χ0) is 12.9. The Balaban J connectivity index is 2.84. The highest BCUT2D eigenvalue weighted by molar-refractivity contribution is 7.89. The fourth-order valence-electron chi connectivity index (χ4n) is 1.70. The molecule has 1 unspecified atom stereocenters. The van der Waals surface area contributed by atoms with E-state index in [-0.39, 0.29) is 6.04 Å². The summed E-state index contributed by atoms with van der Waals surface area (Å²) in [5, 5.41) is 0. The van der Waals surface area contributed by atoms with Gasteiger partial charge in [-0.3, -0.25) is 0 Å². The molecule has 1 atom stereocenters. The second-order valence-corrected chi connectivity index (χ2v) is 6.04. The molecule has 0 aliphatic carbocycles. The van der Waals surface area contributed by atoms with Crippen molar-refractivity contribution in [1.82, 2.24) is 4.72 Å². The minimum absolute atomic E-state index is 0.0336. The van der Waals surface area contributed by atoms with Crippen LogP contribution in [0.1, 0.15) is 38.7 Å². The monoisotopic (exact) mass is 255 g/mol. The molecule has 1 rings (SSSR count). The molecular weight excluding hydrogens is 234 g/mol. The van der Waals surface area contributed by atoms with E-state index in [1.807, 2.05) is 26.0 Å². The van der Waals surface area contributed by atoms with Crippen molar-refractivity contribution in [3.63, 3.8) is 0 Å². The van der Waals surface area contributed by atoms with E-state index < -0.39 is 10.0 Å². The number of benzene rings is 1. The zero-order valence-corrected chi connectivity index (χ0v) is 11.5. The van der Waals surface area contributed by atoms with Gasteiger partial charge in [0.2, 0.25) is 10.0 Å². The molecule has 0 amide bonds. The third kappa shape index (κ3) is 4.13. The average Bonchev–Trinajstić information content (AvgIpc) is 2.28. The number of rotatable bonds is 6. The van der Waals surface area contributed by atoms with Crippen molar-refractivity contribution in [3.05, 3.63) is 29.8 Å². The summed E-state index contributed by atoms with van der Waals surface area (Å²) in [6.45, 7) is 6.00. The molecule has 0 fully saturated rings. The minimum atomic E-state index is -3.36. The molecule has 0 aliphatic heterocycles. The maximum Gasteiger partial charge on any atom is 0.240 e. The van der Waals surface area contributed by atoms with Gasteiger partial charge in [0.05, 0.1) is 4.90 Å². The van der Waals surface area contributed by atoms with Crippen LogP contribution in [-0.2, 0) is 10.0 Å². The Morgan fingerprint density at radius 3 is 2.24 bits per heavy atom. The lowest BCUT2D eigenvalue weighted by Gasteiger charge is -2.16. The van der Waals surface area contributed by atoms with E-state index in [4.69, 9.17) is 0 Å². The Morgan fingerprint density at radius 1 is 1.18 bits per heavy atom. The second kappa shape index (κ2) is 6.17. The van der Waals surface area contributed by atoms with Crippen molar-refractivity contribution < 1.29 is 8.42 Å². The molecule has 1 aromatic rings. The molecule has 0 aliphatic rings. The van der Waals surface area contributed by atoms with Gasteiger partial charge < -0.3 is 0 Å². The van der Waals surface area contributed by atoms with Crippen molar-refractivity contribution in [3.8, 4) is 0 Å². The molecular formula is C13H21NO2S. The molecule has 0 radical (unpaired) electrons. The summed E-state index contributed by atoms with van der Waals surface area (Å²) in [5.41, 5.74) is 1.06. The van der Waals surface area contributed by atoms with E-state index >= 15 is 0 Å². The van der Waals surface area contributed by atoms with Gasteiger partial charge in [0.25, 0.3) is 0 Å². The Kier molecular flexibility index (Phi) is 5.15. The van der Waals surface area contributed by atoms with E-state index in [0.29, 0.717) is 4.90 Å². The summed E-state index contributed by atoms with van der Waals surface area (Å²) in [5.74, 6) is 0. The van der Waals surface area contributed by atoms with Crippen LogP contribution in [-0.4, -0.2) is 14.5 Å². The van der Waals surface area contributed by atoms with Gasteiger partial charge in [-0.2, -0.15) is 0 Å². The highest BCUT2D eigenvalue weighted by Crippen LogP contribution is 2.12. The summed E-state index contributed by atoms with van der Waals surface area (Å²) in [6, 6.07) is 6.96. The van der Waals surface area contributed by atoms with Crippen molar-refractivity contribution in [2.45, 2.75) is 51.0 Å². The normalized spacial score (nSPS) is 13.6. The lowest BCUT2D eigenvalue weighted by Crippen LogP contribution is -2.34. The number of sulfonamides is 1. The average molecular weight is 255 g/mol. The van der Waals surface area contributed by atoms with Gasteiger partial charge in [0.15, 0.2) is 0 Å². The maximum atomic E-state index is 12.1. The zero-order valence-electron chi connectivity index (χ0n) is 10.7. The van der Waals surface area contributed by atoms with Crippen LogP contribution >= 0.6 is 0 Å². The molecule has 17 heavy (non-hydrogen) atoms. The first kappa shape index (κ1) is 14.2. The van der Waals surface area contributed by atoms with Crippen molar-refractivity contribution >= 4 is 10.0 Å². The van der Waals surface area contributed by atoms with Gasteiger partial charge in [-0.25, -0.2) is 13.1 Å². The Bertz CT molecular complexity index is 437. The van der Waals surface area contributed by atoms with E-state index in [0.717, 1.165) is 24.8 Å². The Morgan fingerprint density at radius 2 is 1.76 bits per heavy atom. The molecule has 0 aromatic heterocycles.